The SMILES string of the molecule is CC(=O)c1c(O)cc(O[Si](C(C)C)(C(C)C)C(C)C)cc1O. The van der Waals surface area contributed by atoms with E-state index >= 15 is 0 Å². The molecule has 22 heavy (non-hydrogen) atoms. The topological polar surface area (TPSA) is 66.8 Å². The molecular formula is C17H28O4Si. The Morgan fingerprint density at radius 1 is 0.955 bits per heavy atom. The Hall–Kier alpha value is -1.49. The predicted octanol–water partition coefficient (Wildman–Crippen LogP) is 4.85. The van der Waals surface area contributed by atoms with Crippen LogP contribution in [-0.4, -0.2) is 24.3 Å². The zero-order valence-corrected chi connectivity index (χ0v) is 15.6. The molecule has 5 heteroatoms. The minimum Gasteiger partial charge on any atom is -0.543 e. The van der Waals surface area contributed by atoms with Crippen LogP contribution in [0.4, 0.5) is 0 Å². The third-order valence-corrected chi connectivity index (χ3v) is 10.4. The Morgan fingerprint density at radius 2 is 1.32 bits per heavy atom. The number of phenolic OH excluding ortho intramolecular Hbond substituents is 2. The van der Waals surface area contributed by atoms with E-state index in [1.807, 2.05) is 0 Å². The summed E-state index contributed by atoms with van der Waals surface area (Å²) in [5.74, 6) is -0.409. The number of hydrogen-bond donors (Lipinski definition) is 2. The molecule has 0 saturated carbocycles. The van der Waals surface area contributed by atoms with Gasteiger partial charge in [0.1, 0.15) is 22.8 Å². The van der Waals surface area contributed by atoms with Crippen molar-refractivity contribution < 1.29 is 19.4 Å². The minimum atomic E-state index is -2.17. The van der Waals surface area contributed by atoms with Gasteiger partial charge in [-0.2, -0.15) is 0 Å². The predicted molar refractivity (Wildman–Crippen MR) is 91.5 cm³/mol. The molecule has 0 fully saturated rings. The molecule has 0 unspecified atom stereocenters. The van der Waals surface area contributed by atoms with Crippen molar-refractivity contribution in [2.45, 2.75) is 65.1 Å². The maximum Gasteiger partial charge on any atom is 0.258 e. The average Bonchev–Trinajstić information content (AvgIpc) is 2.32. The van der Waals surface area contributed by atoms with E-state index in [0.717, 1.165) is 0 Å². The maximum atomic E-state index is 11.5. The van der Waals surface area contributed by atoms with Crippen LogP contribution in [0.5, 0.6) is 17.2 Å². The van der Waals surface area contributed by atoms with Gasteiger partial charge in [0.05, 0.1) is 0 Å². The Bertz CT molecular complexity index is 505. The van der Waals surface area contributed by atoms with E-state index in [9.17, 15) is 15.0 Å². The molecule has 0 radical (unpaired) electrons. The molecular weight excluding hydrogens is 296 g/mol. The van der Waals surface area contributed by atoms with Crippen LogP contribution in [0.25, 0.3) is 0 Å². The van der Waals surface area contributed by atoms with Crippen molar-refractivity contribution in [3.05, 3.63) is 17.7 Å². The maximum absolute atomic E-state index is 11.5. The van der Waals surface area contributed by atoms with Crippen molar-refractivity contribution in [2.75, 3.05) is 0 Å². The molecule has 4 nitrogen and oxygen atoms in total. The van der Waals surface area contributed by atoms with Crippen LogP contribution < -0.4 is 4.43 Å². The van der Waals surface area contributed by atoms with Crippen molar-refractivity contribution in [3.8, 4) is 17.2 Å². The van der Waals surface area contributed by atoms with Crippen molar-refractivity contribution in [1.82, 2.24) is 0 Å². The van der Waals surface area contributed by atoms with Crippen molar-refractivity contribution in [1.29, 1.82) is 0 Å². The molecule has 1 rings (SSSR count). The van der Waals surface area contributed by atoms with Gasteiger partial charge in [-0.25, -0.2) is 0 Å². The third kappa shape index (κ3) is 3.29. The molecule has 0 amide bonds. The molecule has 0 aromatic heterocycles. The first-order valence-electron chi connectivity index (χ1n) is 7.79. The third-order valence-electron chi connectivity index (χ3n) is 4.42. The number of hydrogen-bond acceptors (Lipinski definition) is 4. The summed E-state index contributed by atoms with van der Waals surface area (Å²) < 4.78 is 6.39. The molecule has 124 valence electrons. The summed E-state index contributed by atoms with van der Waals surface area (Å²) >= 11 is 0. The molecule has 0 aliphatic carbocycles. The van der Waals surface area contributed by atoms with Crippen LogP contribution in [0.1, 0.15) is 58.8 Å². The van der Waals surface area contributed by atoms with Crippen molar-refractivity contribution in [3.63, 3.8) is 0 Å². The van der Waals surface area contributed by atoms with Gasteiger partial charge in [0.25, 0.3) is 8.32 Å². The lowest BCUT2D eigenvalue weighted by Crippen LogP contribution is -2.50. The number of aromatic hydroxyl groups is 2. The first-order chi connectivity index (χ1) is 10.0. The summed E-state index contributed by atoms with van der Waals surface area (Å²) in [5, 5.41) is 20.0. The van der Waals surface area contributed by atoms with Gasteiger partial charge in [0.15, 0.2) is 5.78 Å². The molecule has 0 aliphatic rings. The lowest BCUT2D eigenvalue weighted by Gasteiger charge is -2.42. The standard InChI is InChI=1S/C17H28O4Si/c1-10(2)22(11(3)4,12(5)6)21-14-8-15(19)17(13(7)18)16(20)9-14/h8-12,19-20H,1-7H3. The second-order valence-corrected chi connectivity index (χ2v) is 12.2. The van der Waals surface area contributed by atoms with Crippen LogP contribution in [-0.2, 0) is 0 Å². The summed E-state index contributed by atoms with van der Waals surface area (Å²) in [5.41, 5.74) is 1.08. The lowest BCUT2D eigenvalue weighted by atomic mass is 10.1. The highest BCUT2D eigenvalue weighted by Crippen LogP contribution is 2.44. The molecule has 0 heterocycles. The Kier molecular flexibility index (Phi) is 5.68. The quantitative estimate of drug-likeness (QED) is 0.579. The minimum absolute atomic E-state index is 0.0572. The van der Waals surface area contributed by atoms with Crippen LogP contribution in [0.15, 0.2) is 12.1 Å². The van der Waals surface area contributed by atoms with Gasteiger partial charge in [-0.05, 0) is 23.5 Å². The summed E-state index contributed by atoms with van der Waals surface area (Å²) in [7, 11) is -2.17. The van der Waals surface area contributed by atoms with E-state index < -0.39 is 8.32 Å². The fourth-order valence-electron chi connectivity index (χ4n) is 3.56. The van der Waals surface area contributed by atoms with E-state index in [2.05, 4.69) is 41.5 Å². The number of carbonyl (C=O) groups is 1. The normalized spacial score (nSPS) is 12.3. The molecule has 1 aromatic rings. The van der Waals surface area contributed by atoms with Crippen LogP contribution in [0.2, 0.25) is 16.6 Å². The van der Waals surface area contributed by atoms with E-state index in [0.29, 0.717) is 22.4 Å². The summed E-state index contributed by atoms with van der Waals surface area (Å²) in [6, 6.07) is 2.87. The zero-order chi connectivity index (χ0) is 17.2. The molecule has 0 saturated heterocycles. The Labute approximate surface area is 134 Å². The van der Waals surface area contributed by atoms with E-state index in [4.69, 9.17) is 4.43 Å². The van der Waals surface area contributed by atoms with E-state index in [1.54, 1.807) is 0 Å². The highest BCUT2D eigenvalue weighted by atomic mass is 28.4. The number of phenols is 2. The van der Waals surface area contributed by atoms with Crippen LogP contribution >= 0.6 is 0 Å². The molecule has 0 aliphatic heterocycles. The van der Waals surface area contributed by atoms with Crippen molar-refractivity contribution in [2.24, 2.45) is 0 Å². The van der Waals surface area contributed by atoms with E-state index in [1.165, 1.54) is 19.1 Å². The van der Waals surface area contributed by atoms with Crippen LogP contribution in [0, 0.1) is 0 Å². The van der Waals surface area contributed by atoms with Crippen LogP contribution in [0.3, 0.4) is 0 Å². The average molecular weight is 324 g/mol. The summed E-state index contributed by atoms with van der Waals surface area (Å²) in [6.45, 7) is 14.3. The Balaban J connectivity index is 3.34. The number of rotatable bonds is 6. The smallest absolute Gasteiger partial charge is 0.258 e. The van der Waals surface area contributed by atoms with Gasteiger partial charge in [0, 0.05) is 12.1 Å². The first-order valence-corrected chi connectivity index (χ1v) is 9.93. The van der Waals surface area contributed by atoms with Gasteiger partial charge < -0.3 is 14.6 Å². The van der Waals surface area contributed by atoms with Gasteiger partial charge in [-0.15, -0.1) is 0 Å². The molecule has 2 N–H and O–H groups in total. The van der Waals surface area contributed by atoms with Crippen molar-refractivity contribution >= 4 is 14.1 Å². The summed E-state index contributed by atoms with van der Waals surface area (Å²) in [6.07, 6.45) is 0. The monoisotopic (exact) mass is 324 g/mol. The molecule has 1 aromatic carbocycles. The second kappa shape index (κ2) is 6.73. The number of Topliss-reactive ketones (excluding diaryl/α,β-unsaturated/α-hetero) is 1. The van der Waals surface area contributed by atoms with Gasteiger partial charge in [-0.1, -0.05) is 41.5 Å². The highest BCUT2D eigenvalue weighted by molar-refractivity contribution is 6.78. The number of carbonyl (C=O) groups excluding carboxylic acids is 1. The Morgan fingerprint density at radius 3 is 1.59 bits per heavy atom. The molecule has 0 bridgehead atoms. The highest BCUT2D eigenvalue weighted by Gasteiger charge is 2.47. The molecule has 0 spiro atoms. The van der Waals surface area contributed by atoms with E-state index in [-0.39, 0.29) is 22.8 Å². The fourth-order valence-corrected chi connectivity index (χ4v) is 8.80. The molecule has 0 atom stereocenters. The van der Waals surface area contributed by atoms with Gasteiger partial charge in [-0.3, -0.25) is 4.79 Å². The second-order valence-electron chi connectivity index (χ2n) is 6.81. The van der Waals surface area contributed by atoms with Gasteiger partial charge >= 0.3 is 0 Å². The fraction of sp³-hybridized carbons (Fsp3) is 0.588. The zero-order valence-electron chi connectivity index (χ0n) is 14.6. The summed E-state index contributed by atoms with van der Waals surface area (Å²) in [4.78, 5) is 11.5. The number of benzene rings is 1. The number of ketones is 1. The lowest BCUT2D eigenvalue weighted by molar-refractivity contribution is 0.101. The van der Waals surface area contributed by atoms with Gasteiger partial charge in [0.2, 0.25) is 0 Å². The largest absolute Gasteiger partial charge is 0.543 e. The first kappa shape index (κ1) is 18.6.